The molecule has 6 aromatic heterocycles. The molecule has 0 aliphatic rings. The minimum Gasteiger partial charge on any atom is -0.335 e. The summed E-state index contributed by atoms with van der Waals surface area (Å²) in [4.78, 5) is 21.2. The van der Waals surface area contributed by atoms with E-state index in [1.54, 1.807) is 30.7 Å². The molecule has 0 unspecified atom stereocenters. The number of fused-ring (bicyclic) bond motifs is 2. The van der Waals surface area contributed by atoms with Crippen LogP contribution in [0, 0.1) is 17.9 Å². The molecule has 32 heavy (non-hydrogen) atoms. The zero-order valence-electron chi connectivity index (χ0n) is 16.5. The topological polar surface area (TPSA) is 96.0 Å². The van der Waals surface area contributed by atoms with Crippen molar-refractivity contribution in [2.45, 2.75) is 6.92 Å². The van der Waals surface area contributed by atoms with Gasteiger partial charge in [0.1, 0.15) is 11.5 Å². The molecule has 0 bridgehead atoms. The first-order chi connectivity index (χ1) is 15.6. The second kappa shape index (κ2) is 6.99. The van der Waals surface area contributed by atoms with Crippen LogP contribution in [0.15, 0.2) is 49.1 Å². The van der Waals surface area contributed by atoms with Gasteiger partial charge >= 0.3 is 0 Å². The molecule has 10 heteroatoms. The Morgan fingerprint density at radius 2 is 1.81 bits per heavy atom. The summed E-state index contributed by atoms with van der Waals surface area (Å²) in [5.74, 6) is -0.107. The van der Waals surface area contributed by atoms with Gasteiger partial charge in [0.2, 0.25) is 0 Å². The van der Waals surface area contributed by atoms with E-state index in [2.05, 4.69) is 35.1 Å². The average Bonchev–Trinajstić information content (AvgIpc) is 3.52. The third-order valence-corrected chi connectivity index (χ3v) is 6.22. The van der Waals surface area contributed by atoms with Gasteiger partial charge in [-0.3, -0.25) is 10.1 Å². The maximum Gasteiger partial charge on any atom is 0.184 e. The number of nitrogens with one attached hydrogen (secondary N) is 2. The molecule has 0 radical (unpaired) electrons. The molecule has 0 saturated carbocycles. The van der Waals surface area contributed by atoms with E-state index in [0.29, 0.717) is 33.8 Å². The molecule has 0 aliphatic heterocycles. The molecule has 0 spiro atoms. The molecule has 156 valence electrons. The Labute approximate surface area is 183 Å². The summed E-state index contributed by atoms with van der Waals surface area (Å²) >= 11 is 1.03. The summed E-state index contributed by atoms with van der Waals surface area (Å²) in [6.07, 6.45) is 6.33. The molecule has 6 aromatic rings. The first-order valence-corrected chi connectivity index (χ1v) is 10.5. The fraction of sp³-hybridized carbons (Fsp3) is 0.0455. The Kier molecular flexibility index (Phi) is 4.08. The van der Waals surface area contributed by atoms with Crippen molar-refractivity contribution in [3.63, 3.8) is 0 Å². The molecule has 0 saturated heterocycles. The minimum atomic E-state index is -0.469. The second-order valence-electron chi connectivity index (χ2n) is 7.22. The Hall–Kier alpha value is -4.05. The molecule has 0 aromatic carbocycles. The first-order valence-electron chi connectivity index (χ1n) is 9.64. The third kappa shape index (κ3) is 2.80. The van der Waals surface area contributed by atoms with Crippen LogP contribution in [0.25, 0.3) is 55.3 Å². The van der Waals surface area contributed by atoms with Gasteiger partial charge in [-0.15, -0.1) is 11.3 Å². The van der Waals surface area contributed by atoms with Gasteiger partial charge in [0.05, 0.1) is 10.9 Å². The zero-order valence-corrected chi connectivity index (χ0v) is 17.3. The van der Waals surface area contributed by atoms with E-state index < -0.39 is 5.82 Å². The largest absolute Gasteiger partial charge is 0.335 e. The SMILES string of the molecule is Cc1ccncc1-c1cnc2n[nH]c(-c3nc4nccc(-c5ccc(F)s5)c4[nH]3)c2c1F. The zero-order chi connectivity index (χ0) is 21.8. The fourth-order valence-electron chi connectivity index (χ4n) is 3.75. The maximum atomic E-state index is 15.7. The van der Waals surface area contributed by atoms with Crippen molar-refractivity contribution in [3.8, 4) is 33.1 Å². The molecule has 2 N–H and O–H groups in total. The second-order valence-corrected chi connectivity index (χ2v) is 8.25. The summed E-state index contributed by atoms with van der Waals surface area (Å²) in [5, 5.41) is 6.92. The van der Waals surface area contributed by atoms with Crippen LogP contribution >= 0.6 is 11.3 Å². The predicted molar refractivity (Wildman–Crippen MR) is 118 cm³/mol. The molecular weight excluding hydrogens is 432 g/mol. The van der Waals surface area contributed by atoms with Crippen molar-refractivity contribution in [2.75, 3.05) is 0 Å². The monoisotopic (exact) mass is 445 g/mol. The van der Waals surface area contributed by atoms with E-state index in [0.717, 1.165) is 27.3 Å². The van der Waals surface area contributed by atoms with Crippen LogP contribution in [-0.4, -0.2) is 35.1 Å². The standard InChI is InChI=1S/C22H13F2N7S/c1-10-4-6-25-8-12(10)13-9-27-20-16(17(13)24)19(30-31-20)22-28-18-11(5-7-26-21(18)29-22)14-2-3-15(23)32-14/h2-9H,1H3,(H,26,28,29)(H,27,30,31). The minimum absolute atomic E-state index is 0.216. The molecule has 0 amide bonds. The number of aromatic nitrogens is 7. The normalized spacial score (nSPS) is 11.6. The highest BCUT2D eigenvalue weighted by molar-refractivity contribution is 7.14. The lowest BCUT2D eigenvalue weighted by Crippen LogP contribution is -1.93. The van der Waals surface area contributed by atoms with E-state index in [9.17, 15) is 4.39 Å². The number of halogens is 2. The van der Waals surface area contributed by atoms with Gasteiger partial charge in [-0.25, -0.2) is 19.3 Å². The van der Waals surface area contributed by atoms with Crippen LogP contribution in [0.3, 0.4) is 0 Å². The Morgan fingerprint density at radius 1 is 0.906 bits per heavy atom. The van der Waals surface area contributed by atoms with Crippen molar-refractivity contribution >= 4 is 33.5 Å². The van der Waals surface area contributed by atoms with E-state index in [-0.39, 0.29) is 16.2 Å². The number of hydrogen-bond donors (Lipinski definition) is 2. The number of pyridine rings is 3. The molecule has 6 rings (SSSR count). The number of imidazole rings is 1. The molecule has 7 nitrogen and oxygen atoms in total. The molecule has 6 heterocycles. The van der Waals surface area contributed by atoms with Gasteiger partial charge in [-0.2, -0.15) is 9.49 Å². The Bertz CT molecular complexity index is 1630. The van der Waals surface area contributed by atoms with Gasteiger partial charge < -0.3 is 4.98 Å². The smallest absolute Gasteiger partial charge is 0.184 e. The van der Waals surface area contributed by atoms with Crippen molar-refractivity contribution in [2.24, 2.45) is 0 Å². The quantitative estimate of drug-likeness (QED) is 0.387. The van der Waals surface area contributed by atoms with E-state index >= 15 is 4.39 Å². The van der Waals surface area contributed by atoms with Crippen molar-refractivity contribution in [1.29, 1.82) is 0 Å². The molecule has 0 fully saturated rings. The van der Waals surface area contributed by atoms with Crippen LogP contribution in [0.4, 0.5) is 8.78 Å². The Balaban J connectivity index is 1.56. The molecular formula is C22H13F2N7S. The van der Waals surface area contributed by atoms with Gasteiger partial charge in [0.15, 0.2) is 22.2 Å². The van der Waals surface area contributed by atoms with Crippen LogP contribution in [0.1, 0.15) is 5.56 Å². The lowest BCUT2D eigenvalue weighted by molar-refractivity contribution is 0.642. The maximum absolute atomic E-state index is 15.7. The van der Waals surface area contributed by atoms with Crippen molar-refractivity contribution in [3.05, 3.63) is 65.6 Å². The number of aromatic amines is 2. The first kappa shape index (κ1) is 18.7. The number of thiophene rings is 1. The fourth-order valence-corrected chi connectivity index (χ4v) is 4.51. The number of aryl methyl sites for hydroxylation is 1. The van der Waals surface area contributed by atoms with Crippen molar-refractivity contribution in [1.82, 2.24) is 35.1 Å². The highest BCUT2D eigenvalue weighted by Crippen LogP contribution is 2.35. The van der Waals surface area contributed by atoms with E-state index in [1.165, 1.54) is 12.3 Å². The van der Waals surface area contributed by atoms with Gasteiger partial charge in [0, 0.05) is 46.4 Å². The Morgan fingerprint density at radius 3 is 2.62 bits per heavy atom. The van der Waals surface area contributed by atoms with Crippen LogP contribution in [0.5, 0.6) is 0 Å². The number of nitrogens with zero attached hydrogens (tertiary/aromatic N) is 5. The summed E-state index contributed by atoms with van der Waals surface area (Å²) in [5.41, 5.74) is 4.27. The van der Waals surface area contributed by atoms with Crippen LogP contribution in [0.2, 0.25) is 0 Å². The molecule has 0 atom stereocenters. The summed E-state index contributed by atoms with van der Waals surface area (Å²) < 4.78 is 29.3. The lowest BCUT2D eigenvalue weighted by atomic mass is 10.0. The van der Waals surface area contributed by atoms with Crippen LogP contribution < -0.4 is 0 Å². The average molecular weight is 445 g/mol. The van der Waals surface area contributed by atoms with Gasteiger partial charge in [-0.05, 0) is 36.8 Å². The number of rotatable bonds is 3. The predicted octanol–water partition coefficient (Wildman–Crippen LogP) is 5.27. The van der Waals surface area contributed by atoms with E-state index in [4.69, 9.17) is 0 Å². The number of hydrogen-bond acceptors (Lipinski definition) is 6. The van der Waals surface area contributed by atoms with Gasteiger partial charge in [0.25, 0.3) is 0 Å². The number of H-pyrrole nitrogens is 2. The molecule has 0 aliphatic carbocycles. The highest BCUT2D eigenvalue weighted by Gasteiger charge is 2.21. The highest BCUT2D eigenvalue weighted by atomic mass is 32.1. The van der Waals surface area contributed by atoms with Crippen molar-refractivity contribution < 1.29 is 8.78 Å². The van der Waals surface area contributed by atoms with E-state index in [1.807, 2.05) is 13.0 Å². The summed E-state index contributed by atoms with van der Waals surface area (Å²) in [6, 6.07) is 6.71. The van der Waals surface area contributed by atoms with Gasteiger partial charge in [-0.1, -0.05) is 0 Å². The lowest BCUT2D eigenvalue weighted by Gasteiger charge is -2.06. The van der Waals surface area contributed by atoms with Crippen LogP contribution in [-0.2, 0) is 0 Å². The third-order valence-electron chi connectivity index (χ3n) is 5.32. The summed E-state index contributed by atoms with van der Waals surface area (Å²) in [6.45, 7) is 1.89. The summed E-state index contributed by atoms with van der Waals surface area (Å²) in [7, 11) is 0.